The maximum Gasteiger partial charge on any atom is 0.409 e. The van der Waals surface area contributed by atoms with Crippen molar-refractivity contribution in [1.82, 2.24) is 10.2 Å². The van der Waals surface area contributed by atoms with E-state index in [4.69, 9.17) is 4.74 Å². The Labute approximate surface area is 127 Å². The zero-order valence-electron chi connectivity index (χ0n) is 13.3. The molecule has 0 radical (unpaired) electrons. The van der Waals surface area contributed by atoms with E-state index in [0.717, 1.165) is 32.5 Å². The van der Waals surface area contributed by atoms with Crippen LogP contribution in [-0.4, -0.2) is 36.7 Å². The van der Waals surface area contributed by atoms with Gasteiger partial charge in [0.25, 0.3) is 0 Å². The van der Waals surface area contributed by atoms with Crippen LogP contribution in [0.5, 0.6) is 0 Å². The van der Waals surface area contributed by atoms with Gasteiger partial charge in [0, 0.05) is 25.7 Å². The number of likely N-dealkylation sites (tertiary alicyclic amines) is 1. The van der Waals surface area contributed by atoms with E-state index in [9.17, 15) is 4.79 Å². The van der Waals surface area contributed by atoms with Gasteiger partial charge < -0.3 is 15.0 Å². The van der Waals surface area contributed by atoms with Crippen molar-refractivity contribution in [2.45, 2.75) is 46.2 Å². The average molecular weight is 290 g/mol. The second-order valence-electron chi connectivity index (χ2n) is 5.70. The summed E-state index contributed by atoms with van der Waals surface area (Å²) in [7, 11) is 0. The maximum absolute atomic E-state index is 11.6. The van der Waals surface area contributed by atoms with Gasteiger partial charge in [-0.25, -0.2) is 4.79 Å². The van der Waals surface area contributed by atoms with Crippen molar-refractivity contribution in [3.8, 4) is 0 Å². The summed E-state index contributed by atoms with van der Waals surface area (Å²) in [6.45, 7) is 9.08. The Morgan fingerprint density at radius 2 is 2.05 bits per heavy atom. The molecule has 0 saturated carbocycles. The fraction of sp³-hybridized carbons (Fsp3) is 0.588. The molecule has 4 nitrogen and oxygen atoms in total. The largest absolute Gasteiger partial charge is 0.450 e. The van der Waals surface area contributed by atoms with Gasteiger partial charge in [-0.15, -0.1) is 0 Å². The van der Waals surface area contributed by atoms with Crippen LogP contribution in [0.3, 0.4) is 0 Å². The first-order valence-corrected chi connectivity index (χ1v) is 7.82. The number of nitrogens with one attached hydrogen (secondary N) is 1. The first kappa shape index (κ1) is 15.8. The highest BCUT2D eigenvalue weighted by molar-refractivity contribution is 5.67. The number of carbonyl (C=O) groups is 1. The third-order valence-electron chi connectivity index (χ3n) is 4.32. The number of piperidine rings is 1. The van der Waals surface area contributed by atoms with E-state index in [1.54, 1.807) is 4.90 Å². The number of ether oxygens (including phenoxy) is 1. The predicted molar refractivity (Wildman–Crippen MR) is 84.4 cm³/mol. The second kappa shape index (κ2) is 7.46. The normalized spacial score (nSPS) is 16.0. The minimum absolute atomic E-state index is 0.175. The number of hydrogen-bond acceptors (Lipinski definition) is 3. The fourth-order valence-corrected chi connectivity index (χ4v) is 2.74. The van der Waals surface area contributed by atoms with Gasteiger partial charge >= 0.3 is 6.09 Å². The molecular formula is C17H26N2O2. The maximum atomic E-state index is 11.6. The van der Waals surface area contributed by atoms with Crippen molar-refractivity contribution in [1.29, 1.82) is 0 Å². The average Bonchev–Trinajstić information content (AvgIpc) is 2.49. The van der Waals surface area contributed by atoms with E-state index in [1.165, 1.54) is 16.7 Å². The minimum atomic E-state index is -0.175. The van der Waals surface area contributed by atoms with Gasteiger partial charge in [-0.1, -0.05) is 18.2 Å². The molecule has 2 rings (SSSR count). The molecule has 1 aliphatic heterocycles. The molecule has 1 fully saturated rings. The monoisotopic (exact) mass is 290 g/mol. The van der Waals surface area contributed by atoms with E-state index in [0.29, 0.717) is 12.6 Å². The Kier molecular flexibility index (Phi) is 5.62. The second-order valence-corrected chi connectivity index (χ2v) is 5.70. The van der Waals surface area contributed by atoms with Crippen LogP contribution in [0.4, 0.5) is 4.79 Å². The van der Waals surface area contributed by atoms with Crippen molar-refractivity contribution in [3.05, 3.63) is 34.9 Å². The summed E-state index contributed by atoms with van der Waals surface area (Å²) >= 11 is 0. The third kappa shape index (κ3) is 4.21. The topological polar surface area (TPSA) is 41.6 Å². The lowest BCUT2D eigenvalue weighted by Crippen LogP contribution is -2.44. The summed E-state index contributed by atoms with van der Waals surface area (Å²) in [6, 6.07) is 6.93. The summed E-state index contributed by atoms with van der Waals surface area (Å²) in [4.78, 5) is 13.5. The quantitative estimate of drug-likeness (QED) is 0.927. The van der Waals surface area contributed by atoms with Gasteiger partial charge in [-0.05, 0) is 50.3 Å². The molecule has 4 heteroatoms. The molecule has 1 N–H and O–H groups in total. The molecule has 0 spiro atoms. The van der Waals surface area contributed by atoms with Crippen molar-refractivity contribution >= 4 is 6.09 Å². The molecule has 1 saturated heterocycles. The van der Waals surface area contributed by atoms with Crippen LogP contribution in [0.2, 0.25) is 0 Å². The van der Waals surface area contributed by atoms with Crippen molar-refractivity contribution in [2.24, 2.45) is 0 Å². The number of amides is 1. The molecule has 1 aromatic rings. The standard InChI is InChI=1S/C17H26N2O2/c1-4-21-17(20)19-10-8-16(9-11-19)18-12-15-7-5-6-13(2)14(15)3/h5-7,16,18H,4,8-12H2,1-3H3. The van der Waals surface area contributed by atoms with Crippen LogP contribution in [0.1, 0.15) is 36.5 Å². The molecule has 0 aliphatic carbocycles. The summed E-state index contributed by atoms with van der Waals surface area (Å²) in [5, 5.41) is 3.62. The molecule has 1 aliphatic rings. The lowest BCUT2D eigenvalue weighted by Gasteiger charge is -2.31. The Balaban J connectivity index is 1.79. The van der Waals surface area contributed by atoms with Gasteiger partial charge in [0.05, 0.1) is 6.61 Å². The summed E-state index contributed by atoms with van der Waals surface area (Å²) < 4.78 is 5.04. The van der Waals surface area contributed by atoms with Gasteiger partial charge in [-0.3, -0.25) is 0 Å². The highest BCUT2D eigenvalue weighted by Gasteiger charge is 2.23. The van der Waals surface area contributed by atoms with Gasteiger partial charge in [0.15, 0.2) is 0 Å². The zero-order chi connectivity index (χ0) is 15.2. The Morgan fingerprint density at radius 3 is 2.71 bits per heavy atom. The highest BCUT2D eigenvalue weighted by atomic mass is 16.6. The number of rotatable bonds is 4. The van der Waals surface area contributed by atoms with Crippen molar-refractivity contribution in [2.75, 3.05) is 19.7 Å². The molecule has 0 aromatic heterocycles. The fourth-order valence-electron chi connectivity index (χ4n) is 2.74. The summed E-state index contributed by atoms with van der Waals surface area (Å²) in [6.07, 6.45) is 1.80. The van der Waals surface area contributed by atoms with Crippen molar-refractivity contribution < 1.29 is 9.53 Å². The van der Waals surface area contributed by atoms with Crippen LogP contribution >= 0.6 is 0 Å². The Hall–Kier alpha value is -1.55. The first-order valence-electron chi connectivity index (χ1n) is 7.82. The molecule has 116 valence electrons. The lowest BCUT2D eigenvalue weighted by molar-refractivity contribution is 0.0950. The Morgan fingerprint density at radius 1 is 1.33 bits per heavy atom. The van der Waals surface area contributed by atoms with E-state index >= 15 is 0 Å². The highest BCUT2D eigenvalue weighted by Crippen LogP contribution is 2.15. The van der Waals surface area contributed by atoms with Gasteiger partial charge in [0.2, 0.25) is 0 Å². The molecule has 0 unspecified atom stereocenters. The van der Waals surface area contributed by atoms with Crippen LogP contribution in [0.15, 0.2) is 18.2 Å². The lowest BCUT2D eigenvalue weighted by atomic mass is 10.0. The molecule has 1 aromatic carbocycles. The number of aryl methyl sites for hydroxylation is 1. The molecule has 1 amide bonds. The Bertz CT molecular complexity index is 480. The summed E-state index contributed by atoms with van der Waals surface area (Å²) in [5.74, 6) is 0. The van der Waals surface area contributed by atoms with Crippen molar-refractivity contribution in [3.63, 3.8) is 0 Å². The SMILES string of the molecule is CCOC(=O)N1CCC(NCc2cccc(C)c2C)CC1. The number of benzene rings is 1. The summed E-state index contributed by atoms with van der Waals surface area (Å²) in [5.41, 5.74) is 4.07. The molecule has 21 heavy (non-hydrogen) atoms. The van der Waals surface area contributed by atoms with Crippen LogP contribution in [0.25, 0.3) is 0 Å². The number of hydrogen-bond donors (Lipinski definition) is 1. The van der Waals surface area contributed by atoms with E-state index in [2.05, 4.69) is 37.4 Å². The number of carbonyl (C=O) groups excluding carboxylic acids is 1. The van der Waals surface area contributed by atoms with Crippen LogP contribution in [-0.2, 0) is 11.3 Å². The van der Waals surface area contributed by atoms with E-state index < -0.39 is 0 Å². The van der Waals surface area contributed by atoms with Crippen LogP contribution < -0.4 is 5.32 Å². The smallest absolute Gasteiger partial charge is 0.409 e. The third-order valence-corrected chi connectivity index (χ3v) is 4.32. The predicted octanol–water partition coefficient (Wildman–Crippen LogP) is 3.01. The molecule has 0 atom stereocenters. The van der Waals surface area contributed by atoms with E-state index in [-0.39, 0.29) is 6.09 Å². The molecule has 1 heterocycles. The van der Waals surface area contributed by atoms with Gasteiger partial charge in [-0.2, -0.15) is 0 Å². The molecule has 0 bridgehead atoms. The van der Waals surface area contributed by atoms with Gasteiger partial charge in [0.1, 0.15) is 0 Å². The zero-order valence-corrected chi connectivity index (χ0v) is 13.3. The minimum Gasteiger partial charge on any atom is -0.450 e. The number of nitrogens with zero attached hydrogens (tertiary/aromatic N) is 1. The molecular weight excluding hydrogens is 264 g/mol. The first-order chi connectivity index (χ1) is 10.1. The van der Waals surface area contributed by atoms with E-state index in [1.807, 2.05) is 6.92 Å². The van der Waals surface area contributed by atoms with Crippen LogP contribution in [0, 0.1) is 13.8 Å².